The van der Waals surface area contributed by atoms with Crippen molar-refractivity contribution >= 4 is 27.6 Å². The molecule has 2 aromatic rings. The van der Waals surface area contributed by atoms with Gasteiger partial charge in [0, 0.05) is 11.0 Å². The molecular formula is C18H20BrNO5. The van der Waals surface area contributed by atoms with E-state index in [1.54, 1.807) is 19.2 Å². The van der Waals surface area contributed by atoms with Gasteiger partial charge in [0.2, 0.25) is 0 Å². The summed E-state index contributed by atoms with van der Waals surface area (Å²) in [6.07, 6.45) is 0. The number of carbonyl (C=O) groups is 1. The van der Waals surface area contributed by atoms with Crippen molar-refractivity contribution in [2.45, 2.75) is 13.5 Å². The predicted molar refractivity (Wildman–Crippen MR) is 99.1 cm³/mol. The summed E-state index contributed by atoms with van der Waals surface area (Å²) >= 11 is 3.52. The fourth-order valence-corrected chi connectivity index (χ4v) is 2.77. The number of rotatable bonds is 8. The third-order valence-corrected chi connectivity index (χ3v) is 4.29. The van der Waals surface area contributed by atoms with Crippen LogP contribution in [0.4, 0.5) is 5.69 Å². The lowest BCUT2D eigenvalue weighted by atomic mass is 10.1. The summed E-state index contributed by atoms with van der Waals surface area (Å²) < 4.78 is 17.1. The highest BCUT2D eigenvalue weighted by molar-refractivity contribution is 9.10. The van der Waals surface area contributed by atoms with Gasteiger partial charge in [0.1, 0.15) is 5.75 Å². The number of nitrogens with one attached hydrogen (secondary N) is 1. The van der Waals surface area contributed by atoms with Crippen LogP contribution in [0.15, 0.2) is 34.8 Å². The maximum absolute atomic E-state index is 11.2. The van der Waals surface area contributed by atoms with Gasteiger partial charge in [0.15, 0.2) is 11.5 Å². The van der Waals surface area contributed by atoms with Crippen LogP contribution >= 0.6 is 15.9 Å². The second-order valence-corrected chi connectivity index (χ2v) is 5.96. The number of hydrogen-bond acceptors (Lipinski definition) is 5. The first-order valence-electron chi connectivity index (χ1n) is 7.64. The molecular weight excluding hydrogens is 390 g/mol. The highest BCUT2D eigenvalue weighted by atomic mass is 79.9. The van der Waals surface area contributed by atoms with Crippen LogP contribution in [0.5, 0.6) is 17.2 Å². The number of hydrogen-bond donors (Lipinski definition) is 2. The zero-order valence-corrected chi connectivity index (χ0v) is 15.8. The lowest BCUT2D eigenvalue weighted by Gasteiger charge is -2.15. The first kappa shape index (κ1) is 18.9. The van der Waals surface area contributed by atoms with E-state index in [-0.39, 0.29) is 5.56 Å². The number of ether oxygens (including phenoxy) is 3. The Morgan fingerprint density at radius 1 is 1.12 bits per heavy atom. The SMILES string of the molecule is CCOc1cc(CNc2cc(C(=O)O)ccc2OC)c(Br)cc1OC. The summed E-state index contributed by atoms with van der Waals surface area (Å²) in [5.41, 5.74) is 1.72. The second-order valence-electron chi connectivity index (χ2n) is 5.10. The Morgan fingerprint density at radius 2 is 1.84 bits per heavy atom. The summed E-state index contributed by atoms with van der Waals surface area (Å²) in [6, 6.07) is 8.39. The molecule has 0 atom stereocenters. The minimum absolute atomic E-state index is 0.187. The average molecular weight is 410 g/mol. The summed E-state index contributed by atoms with van der Waals surface area (Å²) in [5, 5.41) is 12.4. The molecule has 0 saturated carbocycles. The van der Waals surface area contributed by atoms with Crippen molar-refractivity contribution in [3.8, 4) is 17.2 Å². The molecule has 6 nitrogen and oxygen atoms in total. The molecule has 0 radical (unpaired) electrons. The Balaban J connectivity index is 2.27. The molecule has 0 aliphatic carbocycles. The van der Waals surface area contributed by atoms with E-state index in [4.69, 9.17) is 19.3 Å². The van der Waals surface area contributed by atoms with Gasteiger partial charge in [-0.1, -0.05) is 15.9 Å². The molecule has 0 bridgehead atoms. The van der Waals surface area contributed by atoms with Gasteiger partial charge in [-0.3, -0.25) is 0 Å². The standard InChI is InChI=1S/C18H20BrNO5/c1-4-25-17-8-12(13(19)9-16(17)24-3)10-20-14-7-11(18(21)22)5-6-15(14)23-2/h5-9,20H,4,10H2,1-3H3,(H,21,22). The molecule has 0 fully saturated rings. The number of aromatic carboxylic acids is 1. The van der Waals surface area contributed by atoms with Gasteiger partial charge in [0.05, 0.1) is 32.1 Å². The highest BCUT2D eigenvalue weighted by Gasteiger charge is 2.12. The van der Waals surface area contributed by atoms with Crippen molar-refractivity contribution in [1.29, 1.82) is 0 Å². The zero-order chi connectivity index (χ0) is 18.4. The summed E-state index contributed by atoms with van der Waals surface area (Å²) in [7, 11) is 3.13. The van der Waals surface area contributed by atoms with E-state index < -0.39 is 5.97 Å². The normalized spacial score (nSPS) is 10.2. The van der Waals surface area contributed by atoms with E-state index in [2.05, 4.69) is 21.2 Å². The van der Waals surface area contributed by atoms with Gasteiger partial charge in [-0.25, -0.2) is 4.79 Å². The lowest BCUT2D eigenvalue weighted by Crippen LogP contribution is -2.05. The Bertz CT molecular complexity index is 763. The highest BCUT2D eigenvalue weighted by Crippen LogP contribution is 2.34. The Kier molecular flexibility index (Phi) is 6.52. The molecule has 0 heterocycles. The van der Waals surface area contributed by atoms with Crippen LogP contribution in [0.2, 0.25) is 0 Å². The predicted octanol–water partition coefficient (Wildman–Crippen LogP) is 4.18. The van der Waals surface area contributed by atoms with E-state index in [1.165, 1.54) is 13.2 Å². The van der Waals surface area contributed by atoms with Crippen LogP contribution in [-0.4, -0.2) is 31.9 Å². The van der Waals surface area contributed by atoms with Crippen LogP contribution in [-0.2, 0) is 6.54 Å². The van der Waals surface area contributed by atoms with E-state index in [0.717, 1.165) is 10.0 Å². The van der Waals surface area contributed by atoms with E-state index >= 15 is 0 Å². The van der Waals surface area contributed by atoms with Gasteiger partial charge in [-0.05, 0) is 42.8 Å². The molecule has 0 unspecified atom stereocenters. The first-order chi connectivity index (χ1) is 12.0. The molecule has 0 aliphatic rings. The van der Waals surface area contributed by atoms with Crippen LogP contribution in [0.25, 0.3) is 0 Å². The quantitative estimate of drug-likeness (QED) is 0.680. The number of benzene rings is 2. The van der Waals surface area contributed by atoms with Crippen LogP contribution < -0.4 is 19.5 Å². The molecule has 2 aromatic carbocycles. The van der Waals surface area contributed by atoms with Crippen molar-refractivity contribution in [1.82, 2.24) is 0 Å². The van der Waals surface area contributed by atoms with Crippen LogP contribution in [0.3, 0.4) is 0 Å². The topological polar surface area (TPSA) is 77.0 Å². The molecule has 2 N–H and O–H groups in total. The number of halogens is 1. The molecule has 0 aromatic heterocycles. The van der Waals surface area contributed by atoms with Gasteiger partial charge >= 0.3 is 5.97 Å². The minimum Gasteiger partial charge on any atom is -0.495 e. The molecule has 134 valence electrons. The number of methoxy groups -OCH3 is 2. The summed E-state index contributed by atoms with van der Waals surface area (Å²) in [6.45, 7) is 2.88. The van der Waals surface area contributed by atoms with Gasteiger partial charge < -0.3 is 24.6 Å². The van der Waals surface area contributed by atoms with Gasteiger partial charge in [0.25, 0.3) is 0 Å². The maximum atomic E-state index is 11.2. The van der Waals surface area contributed by atoms with E-state index in [9.17, 15) is 4.79 Å². The summed E-state index contributed by atoms with van der Waals surface area (Å²) in [5.74, 6) is 0.869. The molecule has 2 rings (SSSR count). The largest absolute Gasteiger partial charge is 0.495 e. The zero-order valence-electron chi connectivity index (χ0n) is 14.3. The fraction of sp³-hybridized carbons (Fsp3) is 0.278. The van der Waals surface area contributed by atoms with Crippen molar-refractivity contribution in [3.05, 3.63) is 45.9 Å². The van der Waals surface area contributed by atoms with Gasteiger partial charge in [-0.2, -0.15) is 0 Å². The average Bonchev–Trinajstić information content (AvgIpc) is 2.61. The maximum Gasteiger partial charge on any atom is 0.335 e. The van der Waals surface area contributed by atoms with Crippen molar-refractivity contribution in [2.75, 3.05) is 26.1 Å². The lowest BCUT2D eigenvalue weighted by molar-refractivity contribution is 0.0697. The Morgan fingerprint density at radius 3 is 2.44 bits per heavy atom. The monoisotopic (exact) mass is 409 g/mol. The molecule has 7 heteroatoms. The number of carboxylic acids is 1. The first-order valence-corrected chi connectivity index (χ1v) is 8.43. The third kappa shape index (κ3) is 4.57. The summed E-state index contributed by atoms with van der Waals surface area (Å²) in [4.78, 5) is 11.2. The molecule has 0 saturated heterocycles. The number of carboxylic acid groups (broad SMARTS) is 1. The van der Waals surface area contributed by atoms with E-state index in [1.807, 2.05) is 19.1 Å². The Labute approximate surface area is 154 Å². The number of anilines is 1. The fourth-order valence-electron chi connectivity index (χ4n) is 2.31. The molecule has 0 aliphatic heterocycles. The third-order valence-electron chi connectivity index (χ3n) is 3.55. The Hall–Kier alpha value is -2.41. The molecule has 0 amide bonds. The molecule has 0 spiro atoms. The minimum atomic E-state index is -0.991. The van der Waals surface area contributed by atoms with Crippen LogP contribution in [0, 0.1) is 0 Å². The second kappa shape index (κ2) is 8.62. The van der Waals surface area contributed by atoms with Gasteiger partial charge in [-0.15, -0.1) is 0 Å². The van der Waals surface area contributed by atoms with Crippen molar-refractivity contribution < 1.29 is 24.1 Å². The molecule has 25 heavy (non-hydrogen) atoms. The van der Waals surface area contributed by atoms with E-state index in [0.29, 0.717) is 36.1 Å². The van der Waals surface area contributed by atoms with Crippen LogP contribution in [0.1, 0.15) is 22.8 Å². The van der Waals surface area contributed by atoms with Crippen molar-refractivity contribution in [3.63, 3.8) is 0 Å². The smallest absolute Gasteiger partial charge is 0.335 e. The van der Waals surface area contributed by atoms with Crippen molar-refractivity contribution in [2.24, 2.45) is 0 Å².